The number of allylic oxidation sites excluding steroid dienone is 1. The fourth-order valence-electron chi connectivity index (χ4n) is 3.56. The molecule has 1 atom stereocenters. The molecular formula is C23H28F2N6O. The summed E-state index contributed by atoms with van der Waals surface area (Å²) < 4.78 is 33.2. The summed E-state index contributed by atoms with van der Waals surface area (Å²) in [6, 6.07) is 6.12. The molecule has 0 fully saturated rings. The average Bonchev–Trinajstić information content (AvgIpc) is 2.76. The Balaban J connectivity index is 2.24. The minimum atomic E-state index is -0.573. The van der Waals surface area contributed by atoms with Gasteiger partial charge in [0.05, 0.1) is 0 Å². The molecule has 0 spiro atoms. The van der Waals surface area contributed by atoms with E-state index < -0.39 is 18.6 Å². The van der Waals surface area contributed by atoms with Crippen LogP contribution < -0.4 is 26.8 Å². The Labute approximate surface area is 186 Å². The maximum Gasteiger partial charge on any atom is 0.166 e. The number of hydrogen-bond acceptors (Lipinski definition) is 7. The number of aromatic nitrogens is 1. The average molecular weight is 443 g/mol. The maximum absolute atomic E-state index is 14.2. The molecule has 0 amide bonds. The Morgan fingerprint density at radius 1 is 1.41 bits per heavy atom. The van der Waals surface area contributed by atoms with Crippen LogP contribution in [0.1, 0.15) is 36.6 Å². The largest absolute Gasteiger partial charge is 0.482 e. The molecule has 0 saturated heterocycles. The summed E-state index contributed by atoms with van der Waals surface area (Å²) in [5.41, 5.74) is 16.3. The van der Waals surface area contributed by atoms with Crippen LogP contribution in [0.15, 0.2) is 42.1 Å². The number of alkyl halides is 1. The van der Waals surface area contributed by atoms with Crippen molar-refractivity contribution < 1.29 is 13.5 Å². The SMILES string of the molecule is CC(=N)/C=C1\NC/C(CN)=C(/NCCF)c2cnc(N)c(c2)OC(C)c2cc(F)ccc21. The van der Waals surface area contributed by atoms with E-state index in [1.807, 2.05) is 0 Å². The van der Waals surface area contributed by atoms with Crippen molar-refractivity contribution in [1.82, 2.24) is 15.6 Å². The molecule has 9 heteroatoms. The second-order valence-corrected chi connectivity index (χ2v) is 7.49. The molecule has 3 rings (SSSR count). The minimum absolute atomic E-state index is 0.0974. The summed E-state index contributed by atoms with van der Waals surface area (Å²) in [4.78, 5) is 4.23. The standard InChI is InChI=1S/C23H28F2N6O/c1-13(27)7-20-18-4-3-17(25)9-19(18)14(2)32-21-8-15(11-31-23(21)28)22(29-6-5-24)16(10-26)12-30-20/h3-4,7-9,11,14,27,29-30H,5-6,10,12,26H2,1-2H3,(H2,28,31)/b20-7-,22-16+,27-13?. The minimum Gasteiger partial charge on any atom is -0.482 e. The number of hydrogen-bond donors (Lipinski definition) is 5. The zero-order valence-corrected chi connectivity index (χ0v) is 18.1. The zero-order chi connectivity index (χ0) is 23.3. The van der Waals surface area contributed by atoms with E-state index in [1.165, 1.54) is 12.1 Å². The fourth-order valence-corrected chi connectivity index (χ4v) is 3.56. The third-order valence-electron chi connectivity index (χ3n) is 5.07. The summed E-state index contributed by atoms with van der Waals surface area (Å²) in [6.45, 7) is 3.48. The van der Waals surface area contributed by atoms with Gasteiger partial charge in [0.1, 0.15) is 18.6 Å². The number of fused-ring (bicyclic) bond motifs is 3. The lowest BCUT2D eigenvalue weighted by Crippen LogP contribution is -2.27. The lowest BCUT2D eigenvalue weighted by atomic mass is 9.98. The molecule has 1 aliphatic rings. The first-order valence-corrected chi connectivity index (χ1v) is 10.3. The maximum atomic E-state index is 14.2. The highest BCUT2D eigenvalue weighted by molar-refractivity contribution is 5.97. The topological polar surface area (TPSA) is 122 Å². The van der Waals surface area contributed by atoms with Crippen LogP contribution in [0.3, 0.4) is 0 Å². The lowest BCUT2D eigenvalue weighted by Gasteiger charge is -2.24. The first-order chi connectivity index (χ1) is 15.3. The molecule has 2 aromatic rings. The second-order valence-electron chi connectivity index (χ2n) is 7.49. The number of nitrogens with zero attached hydrogens (tertiary/aromatic N) is 1. The third-order valence-corrected chi connectivity index (χ3v) is 5.07. The number of halogens is 2. The fraction of sp³-hybridized carbons (Fsp3) is 0.304. The first kappa shape index (κ1) is 23.2. The normalized spacial score (nSPS) is 19.8. The van der Waals surface area contributed by atoms with Crippen LogP contribution in [0.2, 0.25) is 0 Å². The monoisotopic (exact) mass is 442 g/mol. The lowest BCUT2D eigenvalue weighted by molar-refractivity contribution is 0.226. The molecule has 0 radical (unpaired) electrons. The van der Waals surface area contributed by atoms with Gasteiger partial charge in [0.15, 0.2) is 11.6 Å². The van der Waals surface area contributed by atoms with Crippen LogP contribution in [0.25, 0.3) is 11.4 Å². The molecule has 7 nitrogen and oxygen atoms in total. The van der Waals surface area contributed by atoms with Crippen molar-refractivity contribution in [3.8, 4) is 5.75 Å². The number of nitrogen functional groups attached to an aromatic ring is 1. The van der Waals surface area contributed by atoms with Gasteiger partial charge in [-0.05, 0) is 49.8 Å². The summed E-state index contributed by atoms with van der Waals surface area (Å²) in [6.07, 6.45) is 2.66. The van der Waals surface area contributed by atoms with Gasteiger partial charge in [-0.2, -0.15) is 0 Å². The van der Waals surface area contributed by atoms with Gasteiger partial charge in [-0.15, -0.1) is 0 Å². The number of nitrogens with one attached hydrogen (secondary N) is 3. The van der Waals surface area contributed by atoms with Gasteiger partial charge in [0.25, 0.3) is 0 Å². The highest BCUT2D eigenvalue weighted by Gasteiger charge is 2.21. The third kappa shape index (κ3) is 5.23. The predicted molar refractivity (Wildman–Crippen MR) is 123 cm³/mol. The van der Waals surface area contributed by atoms with Crippen molar-refractivity contribution in [1.29, 1.82) is 5.41 Å². The molecule has 1 unspecified atom stereocenters. The summed E-state index contributed by atoms with van der Waals surface area (Å²) in [7, 11) is 0. The van der Waals surface area contributed by atoms with E-state index in [9.17, 15) is 8.78 Å². The van der Waals surface area contributed by atoms with Crippen molar-refractivity contribution in [3.63, 3.8) is 0 Å². The van der Waals surface area contributed by atoms with E-state index in [2.05, 4.69) is 15.6 Å². The van der Waals surface area contributed by atoms with Crippen LogP contribution in [0, 0.1) is 11.2 Å². The highest BCUT2D eigenvalue weighted by Crippen LogP contribution is 2.33. The van der Waals surface area contributed by atoms with Crippen molar-refractivity contribution in [2.45, 2.75) is 20.0 Å². The molecule has 2 bridgehead atoms. The number of pyridine rings is 1. The molecule has 2 heterocycles. The molecule has 1 aliphatic heterocycles. The van der Waals surface area contributed by atoms with Gasteiger partial charge >= 0.3 is 0 Å². The van der Waals surface area contributed by atoms with Crippen LogP contribution in [-0.2, 0) is 0 Å². The van der Waals surface area contributed by atoms with E-state index >= 15 is 0 Å². The first-order valence-electron chi connectivity index (χ1n) is 10.3. The van der Waals surface area contributed by atoms with E-state index in [0.29, 0.717) is 46.1 Å². The van der Waals surface area contributed by atoms with Crippen LogP contribution in [0.5, 0.6) is 5.75 Å². The van der Waals surface area contributed by atoms with Crippen molar-refractivity contribution in [3.05, 3.63) is 64.6 Å². The smallest absolute Gasteiger partial charge is 0.166 e. The molecule has 32 heavy (non-hydrogen) atoms. The summed E-state index contributed by atoms with van der Waals surface area (Å²) in [5, 5.41) is 14.4. The Hall–Kier alpha value is -3.46. The Morgan fingerprint density at radius 3 is 2.88 bits per heavy atom. The van der Waals surface area contributed by atoms with Crippen LogP contribution in [-0.4, -0.2) is 37.0 Å². The van der Waals surface area contributed by atoms with Gasteiger partial charge in [0, 0.05) is 59.6 Å². The van der Waals surface area contributed by atoms with Crippen LogP contribution >= 0.6 is 0 Å². The van der Waals surface area contributed by atoms with Gasteiger partial charge in [-0.3, -0.25) is 0 Å². The number of ether oxygens (including phenoxy) is 1. The quantitative estimate of drug-likeness (QED) is 0.454. The number of rotatable bonds is 5. The zero-order valence-electron chi connectivity index (χ0n) is 18.1. The van der Waals surface area contributed by atoms with E-state index in [0.717, 1.165) is 5.57 Å². The van der Waals surface area contributed by atoms with Crippen molar-refractivity contribution in [2.24, 2.45) is 5.73 Å². The molecular weight excluding hydrogens is 414 g/mol. The number of benzene rings is 1. The summed E-state index contributed by atoms with van der Waals surface area (Å²) in [5.74, 6) is 0.0970. The molecule has 1 aromatic carbocycles. The van der Waals surface area contributed by atoms with Gasteiger partial charge < -0.3 is 32.2 Å². The Kier molecular flexibility index (Phi) is 7.42. The molecule has 0 saturated carbocycles. The molecule has 0 aliphatic carbocycles. The molecule has 7 N–H and O–H groups in total. The molecule has 1 aromatic heterocycles. The Morgan fingerprint density at radius 2 is 2.19 bits per heavy atom. The number of anilines is 1. The van der Waals surface area contributed by atoms with Crippen molar-refractivity contribution >= 4 is 22.9 Å². The van der Waals surface area contributed by atoms with E-state index in [-0.39, 0.29) is 18.9 Å². The second kappa shape index (κ2) is 10.2. The van der Waals surface area contributed by atoms with E-state index in [1.54, 1.807) is 38.3 Å². The predicted octanol–water partition coefficient (Wildman–Crippen LogP) is 3.16. The molecule has 170 valence electrons. The van der Waals surface area contributed by atoms with Crippen molar-refractivity contribution in [2.75, 3.05) is 32.0 Å². The van der Waals surface area contributed by atoms with E-state index in [4.69, 9.17) is 21.6 Å². The van der Waals surface area contributed by atoms with Gasteiger partial charge in [-0.1, -0.05) is 0 Å². The van der Waals surface area contributed by atoms with Crippen LogP contribution in [0.4, 0.5) is 14.6 Å². The highest BCUT2D eigenvalue weighted by atomic mass is 19.1. The number of nitrogens with two attached hydrogens (primary N) is 2. The Bertz CT molecular complexity index is 1070. The van der Waals surface area contributed by atoms with Gasteiger partial charge in [0.2, 0.25) is 0 Å². The summed E-state index contributed by atoms with van der Waals surface area (Å²) >= 11 is 0. The van der Waals surface area contributed by atoms with Gasteiger partial charge in [-0.25, -0.2) is 13.8 Å².